The van der Waals surface area contributed by atoms with Crippen LogP contribution in [-0.4, -0.2) is 30.8 Å². The molecule has 4 nitrogen and oxygen atoms in total. The summed E-state index contributed by atoms with van der Waals surface area (Å²) >= 11 is 0. The van der Waals surface area contributed by atoms with Crippen LogP contribution in [0.25, 0.3) is 0 Å². The highest BCUT2D eigenvalue weighted by molar-refractivity contribution is 5.77. The minimum atomic E-state index is -4.65. The summed E-state index contributed by atoms with van der Waals surface area (Å²) in [4.78, 5) is 10.9. The van der Waals surface area contributed by atoms with Crippen molar-refractivity contribution in [3.63, 3.8) is 0 Å². The smallest absolute Gasteiger partial charge is 0.416 e. The lowest BCUT2D eigenvalue weighted by Gasteiger charge is -2.16. The van der Waals surface area contributed by atoms with E-state index in [9.17, 15) is 22.4 Å². The normalized spacial score (nSPS) is 13.1. The summed E-state index contributed by atoms with van der Waals surface area (Å²) in [7, 11) is 1.37. The zero-order chi connectivity index (χ0) is 15.3. The van der Waals surface area contributed by atoms with Crippen molar-refractivity contribution in [3.8, 4) is 0 Å². The molecule has 0 aliphatic carbocycles. The largest absolute Gasteiger partial charge is 0.480 e. The van der Waals surface area contributed by atoms with E-state index in [4.69, 9.17) is 9.84 Å². The topological polar surface area (TPSA) is 58.6 Å². The maximum absolute atomic E-state index is 13.5. The van der Waals surface area contributed by atoms with Crippen LogP contribution in [0.2, 0.25) is 0 Å². The zero-order valence-corrected chi connectivity index (χ0v) is 10.5. The Balaban J connectivity index is 2.88. The third-order valence-corrected chi connectivity index (χ3v) is 2.53. The van der Waals surface area contributed by atoms with Crippen LogP contribution in [0.5, 0.6) is 0 Å². The van der Waals surface area contributed by atoms with Crippen molar-refractivity contribution in [2.75, 3.05) is 19.0 Å². The number of halogens is 4. The number of hydrogen-bond acceptors (Lipinski definition) is 3. The fraction of sp³-hybridized carbons (Fsp3) is 0.417. The molecule has 8 heteroatoms. The lowest BCUT2D eigenvalue weighted by Crippen LogP contribution is -2.31. The first kappa shape index (κ1) is 16.2. The SMILES string of the molecule is COCCC(Nc1ccc(C(F)(F)F)cc1F)C(=O)O. The first-order valence-corrected chi connectivity index (χ1v) is 5.60. The van der Waals surface area contributed by atoms with Gasteiger partial charge in [-0.25, -0.2) is 9.18 Å². The minimum absolute atomic E-state index is 0.0479. The molecule has 112 valence electrons. The maximum Gasteiger partial charge on any atom is 0.416 e. The van der Waals surface area contributed by atoms with Crippen LogP contribution in [0.1, 0.15) is 12.0 Å². The van der Waals surface area contributed by atoms with Gasteiger partial charge in [0, 0.05) is 20.1 Å². The third-order valence-electron chi connectivity index (χ3n) is 2.53. The van der Waals surface area contributed by atoms with Crippen LogP contribution in [0.4, 0.5) is 23.2 Å². The molecule has 2 N–H and O–H groups in total. The number of alkyl halides is 3. The number of aliphatic carboxylic acids is 1. The molecule has 0 aliphatic rings. The molecule has 0 saturated heterocycles. The summed E-state index contributed by atoms with van der Waals surface area (Å²) in [6, 6.07) is 0.709. The Morgan fingerprint density at radius 2 is 2.10 bits per heavy atom. The number of benzene rings is 1. The van der Waals surface area contributed by atoms with Crippen LogP contribution in [0.3, 0.4) is 0 Å². The molecule has 0 radical (unpaired) electrons. The fourth-order valence-electron chi connectivity index (χ4n) is 1.49. The standard InChI is InChI=1S/C12H13F4NO3/c1-20-5-4-10(11(18)19)17-9-3-2-7(6-8(9)13)12(14,15)16/h2-3,6,10,17H,4-5H2,1H3,(H,18,19). The van der Waals surface area contributed by atoms with Gasteiger partial charge in [-0.15, -0.1) is 0 Å². The van der Waals surface area contributed by atoms with E-state index in [2.05, 4.69) is 5.32 Å². The first-order valence-electron chi connectivity index (χ1n) is 5.60. The lowest BCUT2D eigenvalue weighted by molar-refractivity contribution is -0.139. The molecular formula is C12H13F4NO3. The van der Waals surface area contributed by atoms with E-state index in [0.717, 1.165) is 6.07 Å². The number of methoxy groups -OCH3 is 1. The second-order valence-electron chi connectivity index (χ2n) is 4.01. The molecule has 1 atom stereocenters. The molecule has 0 aromatic heterocycles. The van der Waals surface area contributed by atoms with Crippen LogP contribution >= 0.6 is 0 Å². The van der Waals surface area contributed by atoms with Gasteiger partial charge in [0.25, 0.3) is 0 Å². The van der Waals surface area contributed by atoms with Gasteiger partial charge in [0.1, 0.15) is 11.9 Å². The Morgan fingerprint density at radius 3 is 2.55 bits per heavy atom. The van der Waals surface area contributed by atoms with E-state index in [0.29, 0.717) is 12.1 Å². The van der Waals surface area contributed by atoms with Gasteiger partial charge in [0.05, 0.1) is 11.3 Å². The summed E-state index contributed by atoms with van der Waals surface area (Å²) in [5.74, 6) is -2.41. The van der Waals surface area contributed by atoms with E-state index in [1.807, 2.05) is 0 Å². The summed E-state index contributed by atoms with van der Waals surface area (Å²) in [5.41, 5.74) is -1.44. The highest BCUT2D eigenvalue weighted by atomic mass is 19.4. The van der Waals surface area contributed by atoms with Crippen LogP contribution in [-0.2, 0) is 15.7 Å². The second kappa shape index (κ2) is 6.56. The Morgan fingerprint density at radius 1 is 1.45 bits per heavy atom. The average Bonchev–Trinajstić information content (AvgIpc) is 2.34. The van der Waals surface area contributed by atoms with E-state index in [-0.39, 0.29) is 18.7 Å². The van der Waals surface area contributed by atoms with Gasteiger partial charge in [0.2, 0.25) is 0 Å². The number of nitrogens with one attached hydrogen (secondary N) is 1. The van der Waals surface area contributed by atoms with E-state index in [1.165, 1.54) is 7.11 Å². The molecule has 0 bridgehead atoms. The lowest BCUT2D eigenvalue weighted by atomic mass is 10.1. The van der Waals surface area contributed by atoms with Gasteiger partial charge in [-0.2, -0.15) is 13.2 Å². The Kier molecular flexibility index (Phi) is 5.32. The van der Waals surface area contributed by atoms with Gasteiger partial charge in [0.15, 0.2) is 0 Å². The number of rotatable bonds is 6. The van der Waals surface area contributed by atoms with Crippen molar-refractivity contribution in [2.24, 2.45) is 0 Å². The molecule has 0 aliphatic heterocycles. The van der Waals surface area contributed by atoms with Crippen molar-refractivity contribution in [3.05, 3.63) is 29.6 Å². The molecule has 0 spiro atoms. The summed E-state index contributed by atoms with van der Waals surface area (Å²) in [6.45, 7) is 0.117. The van der Waals surface area contributed by atoms with Crippen molar-refractivity contribution >= 4 is 11.7 Å². The minimum Gasteiger partial charge on any atom is -0.480 e. The fourth-order valence-corrected chi connectivity index (χ4v) is 1.49. The number of carboxylic acids is 1. The van der Waals surface area contributed by atoms with Crippen LogP contribution in [0.15, 0.2) is 18.2 Å². The summed E-state index contributed by atoms with van der Waals surface area (Å²) < 4.78 is 55.3. The molecule has 0 amide bonds. The number of carboxylic acid groups (broad SMARTS) is 1. The van der Waals surface area contributed by atoms with E-state index in [1.54, 1.807) is 0 Å². The van der Waals surface area contributed by atoms with Crippen LogP contribution < -0.4 is 5.32 Å². The van der Waals surface area contributed by atoms with Crippen molar-refractivity contribution < 1.29 is 32.2 Å². The summed E-state index contributed by atoms with van der Waals surface area (Å²) in [6.07, 6.45) is -4.60. The van der Waals surface area contributed by atoms with Crippen molar-refractivity contribution in [1.82, 2.24) is 0 Å². The van der Waals surface area contributed by atoms with Gasteiger partial charge in [-0.3, -0.25) is 0 Å². The third kappa shape index (κ3) is 4.37. The highest BCUT2D eigenvalue weighted by Crippen LogP contribution is 2.31. The van der Waals surface area contributed by atoms with E-state index >= 15 is 0 Å². The highest BCUT2D eigenvalue weighted by Gasteiger charge is 2.31. The van der Waals surface area contributed by atoms with Gasteiger partial charge < -0.3 is 15.2 Å². The predicted octanol–water partition coefficient (Wildman–Crippen LogP) is 2.75. The molecule has 20 heavy (non-hydrogen) atoms. The predicted molar refractivity (Wildman–Crippen MR) is 62.9 cm³/mol. The van der Waals surface area contributed by atoms with Gasteiger partial charge in [-0.05, 0) is 18.2 Å². The molecule has 0 heterocycles. The Labute approximate surface area is 112 Å². The van der Waals surface area contributed by atoms with Crippen molar-refractivity contribution in [1.29, 1.82) is 0 Å². The van der Waals surface area contributed by atoms with Gasteiger partial charge in [-0.1, -0.05) is 0 Å². The first-order chi connectivity index (χ1) is 9.25. The molecule has 1 aromatic carbocycles. The number of hydrogen-bond donors (Lipinski definition) is 2. The molecule has 0 saturated carbocycles. The average molecular weight is 295 g/mol. The monoisotopic (exact) mass is 295 g/mol. The second-order valence-corrected chi connectivity index (χ2v) is 4.01. The Bertz CT molecular complexity index is 476. The van der Waals surface area contributed by atoms with Crippen LogP contribution in [0, 0.1) is 5.82 Å². The van der Waals surface area contributed by atoms with E-state index < -0.39 is 29.6 Å². The molecule has 0 fully saturated rings. The van der Waals surface area contributed by atoms with Crippen molar-refractivity contribution in [2.45, 2.75) is 18.6 Å². The van der Waals surface area contributed by atoms with Gasteiger partial charge >= 0.3 is 12.1 Å². The summed E-state index contributed by atoms with van der Waals surface area (Å²) in [5, 5.41) is 11.3. The molecule has 1 rings (SSSR count). The zero-order valence-electron chi connectivity index (χ0n) is 10.5. The maximum atomic E-state index is 13.5. The molecular weight excluding hydrogens is 282 g/mol. The number of carbonyl (C=O) groups is 1. The quantitative estimate of drug-likeness (QED) is 0.792. The number of anilines is 1. The number of ether oxygens (including phenoxy) is 1. The Hall–Kier alpha value is -1.83. The molecule has 1 unspecified atom stereocenters. The molecule has 1 aromatic rings.